The first kappa shape index (κ1) is 8.51. The second-order valence-electron chi connectivity index (χ2n) is 3.01. The number of aryl methyl sites for hydroxylation is 1. The topological polar surface area (TPSA) is 32.9 Å². The van der Waals surface area contributed by atoms with Crippen molar-refractivity contribution in [3.8, 4) is 0 Å². The number of carbonyl (C=O) groups is 1. The van der Waals surface area contributed by atoms with Crippen molar-refractivity contribution in [2.24, 2.45) is 0 Å². The van der Waals surface area contributed by atoms with Gasteiger partial charge in [0.1, 0.15) is 0 Å². The standard InChI is InChI=1S/C10H8BrNO/c1-6-2-10-8(3-9(6)11)7(5-13)4-12-10/h2-5,12H,1H3. The molecule has 0 aliphatic rings. The first-order chi connectivity index (χ1) is 6.22. The highest BCUT2D eigenvalue weighted by Crippen LogP contribution is 2.25. The Labute approximate surface area is 84.1 Å². The summed E-state index contributed by atoms with van der Waals surface area (Å²) in [5.41, 5.74) is 2.87. The molecule has 1 aromatic heterocycles. The minimum atomic E-state index is 0.704. The van der Waals surface area contributed by atoms with Crippen molar-refractivity contribution < 1.29 is 4.79 Å². The summed E-state index contributed by atoms with van der Waals surface area (Å²) < 4.78 is 1.03. The normalized spacial score (nSPS) is 10.6. The van der Waals surface area contributed by atoms with E-state index in [0.29, 0.717) is 5.56 Å². The quantitative estimate of drug-likeness (QED) is 0.761. The maximum Gasteiger partial charge on any atom is 0.152 e. The number of H-pyrrole nitrogens is 1. The van der Waals surface area contributed by atoms with Crippen LogP contribution in [-0.4, -0.2) is 11.3 Å². The number of nitrogens with one attached hydrogen (secondary N) is 1. The second-order valence-corrected chi connectivity index (χ2v) is 3.86. The molecular weight excluding hydrogens is 230 g/mol. The SMILES string of the molecule is Cc1cc2[nH]cc(C=O)c2cc1Br. The molecule has 0 saturated heterocycles. The van der Waals surface area contributed by atoms with E-state index >= 15 is 0 Å². The number of benzene rings is 1. The number of fused-ring (bicyclic) bond motifs is 1. The summed E-state index contributed by atoms with van der Waals surface area (Å²) in [4.78, 5) is 13.7. The summed E-state index contributed by atoms with van der Waals surface area (Å²) in [6, 6.07) is 3.98. The minimum absolute atomic E-state index is 0.704. The van der Waals surface area contributed by atoms with Crippen LogP contribution in [0.25, 0.3) is 10.9 Å². The molecule has 1 N–H and O–H groups in total. The van der Waals surface area contributed by atoms with Gasteiger partial charge in [-0.3, -0.25) is 4.79 Å². The Morgan fingerprint density at radius 3 is 2.92 bits per heavy atom. The van der Waals surface area contributed by atoms with Crippen LogP contribution in [0.2, 0.25) is 0 Å². The molecule has 13 heavy (non-hydrogen) atoms. The molecule has 0 radical (unpaired) electrons. The largest absolute Gasteiger partial charge is 0.360 e. The van der Waals surface area contributed by atoms with Crippen molar-refractivity contribution >= 4 is 33.1 Å². The van der Waals surface area contributed by atoms with Crippen molar-refractivity contribution in [2.75, 3.05) is 0 Å². The van der Waals surface area contributed by atoms with Gasteiger partial charge in [-0.15, -0.1) is 0 Å². The lowest BCUT2D eigenvalue weighted by Crippen LogP contribution is -1.78. The Morgan fingerprint density at radius 2 is 2.23 bits per heavy atom. The van der Waals surface area contributed by atoms with Gasteiger partial charge < -0.3 is 4.98 Å². The van der Waals surface area contributed by atoms with E-state index < -0.39 is 0 Å². The molecule has 1 heterocycles. The fraction of sp³-hybridized carbons (Fsp3) is 0.100. The first-order valence-electron chi connectivity index (χ1n) is 3.95. The highest BCUT2D eigenvalue weighted by Gasteiger charge is 2.04. The lowest BCUT2D eigenvalue weighted by Gasteiger charge is -1.97. The van der Waals surface area contributed by atoms with Gasteiger partial charge >= 0.3 is 0 Å². The van der Waals surface area contributed by atoms with Crippen molar-refractivity contribution in [1.29, 1.82) is 0 Å². The molecule has 2 nitrogen and oxygen atoms in total. The van der Waals surface area contributed by atoms with Crippen LogP contribution in [0, 0.1) is 6.92 Å². The van der Waals surface area contributed by atoms with Crippen LogP contribution < -0.4 is 0 Å². The van der Waals surface area contributed by atoms with Crippen molar-refractivity contribution in [1.82, 2.24) is 4.98 Å². The molecule has 1 aromatic carbocycles. The van der Waals surface area contributed by atoms with Crippen molar-refractivity contribution in [3.05, 3.63) is 33.9 Å². The zero-order valence-electron chi connectivity index (χ0n) is 7.10. The molecule has 0 amide bonds. The fourth-order valence-electron chi connectivity index (χ4n) is 1.37. The van der Waals surface area contributed by atoms with E-state index in [1.54, 1.807) is 6.20 Å². The van der Waals surface area contributed by atoms with E-state index in [-0.39, 0.29) is 0 Å². The Morgan fingerprint density at radius 1 is 1.46 bits per heavy atom. The van der Waals surface area contributed by atoms with Gasteiger partial charge in [0.25, 0.3) is 0 Å². The van der Waals surface area contributed by atoms with Gasteiger partial charge in [-0.05, 0) is 24.6 Å². The molecule has 0 aliphatic carbocycles. The number of aromatic nitrogens is 1. The van der Waals surface area contributed by atoms with Crippen LogP contribution in [-0.2, 0) is 0 Å². The molecule has 0 saturated carbocycles. The molecule has 0 atom stereocenters. The lowest BCUT2D eigenvalue weighted by atomic mass is 10.1. The Bertz CT molecular complexity index is 473. The van der Waals surface area contributed by atoms with E-state index in [0.717, 1.165) is 27.2 Å². The van der Waals surface area contributed by atoms with Crippen LogP contribution in [0.15, 0.2) is 22.8 Å². The highest BCUT2D eigenvalue weighted by atomic mass is 79.9. The molecule has 0 bridgehead atoms. The van der Waals surface area contributed by atoms with Crippen LogP contribution in [0.1, 0.15) is 15.9 Å². The van der Waals surface area contributed by atoms with Gasteiger partial charge in [0.05, 0.1) is 0 Å². The van der Waals surface area contributed by atoms with E-state index in [1.807, 2.05) is 19.1 Å². The molecule has 2 rings (SSSR count). The molecule has 0 fully saturated rings. The lowest BCUT2D eigenvalue weighted by molar-refractivity contribution is 0.112. The Balaban J connectivity index is 2.84. The summed E-state index contributed by atoms with van der Waals surface area (Å²) in [6.45, 7) is 2.02. The second kappa shape index (κ2) is 3.00. The molecular formula is C10H8BrNO. The van der Waals surface area contributed by atoms with Gasteiger partial charge in [0.15, 0.2) is 6.29 Å². The van der Waals surface area contributed by atoms with Gasteiger partial charge in [-0.2, -0.15) is 0 Å². The molecule has 0 aliphatic heterocycles. The van der Waals surface area contributed by atoms with E-state index in [2.05, 4.69) is 20.9 Å². The summed E-state index contributed by atoms with van der Waals surface area (Å²) in [5, 5.41) is 0.965. The first-order valence-corrected chi connectivity index (χ1v) is 4.74. The number of aldehydes is 1. The fourth-order valence-corrected chi connectivity index (χ4v) is 1.71. The maximum absolute atomic E-state index is 10.6. The number of rotatable bonds is 1. The number of carbonyl (C=O) groups excluding carboxylic acids is 1. The highest BCUT2D eigenvalue weighted by molar-refractivity contribution is 9.10. The summed E-state index contributed by atoms with van der Waals surface area (Å²) in [7, 11) is 0. The molecule has 2 aromatic rings. The minimum Gasteiger partial charge on any atom is -0.360 e. The molecule has 3 heteroatoms. The molecule has 66 valence electrons. The average molecular weight is 238 g/mol. The monoisotopic (exact) mass is 237 g/mol. The van der Waals surface area contributed by atoms with Crippen molar-refractivity contribution in [2.45, 2.75) is 6.92 Å². The number of halogens is 1. The third-order valence-electron chi connectivity index (χ3n) is 2.12. The third-order valence-corrected chi connectivity index (χ3v) is 2.97. The van der Waals surface area contributed by atoms with E-state index in [1.165, 1.54) is 0 Å². The summed E-state index contributed by atoms with van der Waals surface area (Å²) in [5.74, 6) is 0. The summed E-state index contributed by atoms with van der Waals surface area (Å²) >= 11 is 3.43. The van der Waals surface area contributed by atoms with E-state index in [9.17, 15) is 4.79 Å². The smallest absolute Gasteiger partial charge is 0.152 e. The van der Waals surface area contributed by atoms with Crippen LogP contribution in [0.4, 0.5) is 0 Å². The predicted molar refractivity (Wildman–Crippen MR) is 56.1 cm³/mol. The van der Waals surface area contributed by atoms with Gasteiger partial charge in [-0.25, -0.2) is 0 Å². The molecule has 0 spiro atoms. The summed E-state index contributed by atoms with van der Waals surface area (Å²) in [6.07, 6.45) is 2.59. The number of aromatic amines is 1. The van der Waals surface area contributed by atoms with Crippen LogP contribution >= 0.6 is 15.9 Å². The van der Waals surface area contributed by atoms with Gasteiger partial charge in [0.2, 0.25) is 0 Å². The zero-order valence-corrected chi connectivity index (χ0v) is 8.68. The number of hydrogen-bond donors (Lipinski definition) is 1. The van der Waals surface area contributed by atoms with Crippen LogP contribution in [0.3, 0.4) is 0 Å². The predicted octanol–water partition coefficient (Wildman–Crippen LogP) is 3.05. The zero-order chi connectivity index (χ0) is 9.42. The number of hydrogen-bond acceptors (Lipinski definition) is 1. The third kappa shape index (κ3) is 1.29. The van der Waals surface area contributed by atoms with Gasteiger partial charge in [0, 0.05) is 27.1 Å². The molecule has 0 unspecified atom stereocenters. The van der Waals surface area contributed by atoms with E-state index in [4.69, 9.17) is 0 Å². The van der Waals surface area contributed by atoms with Gasteiger partial charge in [-0.1, -0.05) is 15.9 Å². The Hall–Kier alpha value is -1.09. The maximum atomic E-state index is 10.6. The Kier molecular flexibility index (Phi) is 1.96. The average Bonchev–Trinajstić information content (AvgIpc) is 2.48. The van der Waals surface area contributed by atoms with Crippen LogP contribution in [0.5, 0.6) is 0 Å². The van der Waals surface area contributed by atoms with Crippen molar-refractivity contribution in [3.63, 3.8) is 0 Å².